The molecule has 1 atom stereocenters. The quantitative estimate of drug-likeness (QED) is 0.871. The Morgan fingerprint density at radius 1 is 1.40 bits per heavy atom. The highest BCUT2D eigenvalue weighted by Gasteiger charge is 2.20. The molecule has 2 rings (SSSR count). The molecule has 0 aliphatic rings. The predicted octanol–water partition coefficient (Wildman–Crippen LogP) is 4.63. The monoisotopic (exact) mass is 351 g/mol. The number of ether oxygens (including phenoxy) is 1. The molecule has 3 nitrogen and oxygen atoms in total. The van der Waals surface area contributed by atoms with E-state index in [0.717, 1.165) is 4.70 Å². The fourth-order valence-electron chi connectivity index (χ4n) is 1.84. The van der Waals surface area contributed by atoms with Crippen LogP contribution in [0.2, 0.25) is 15.1 Å². The minimum Gasteiger partial charge on any atom is -0.383 e. The number of nitrogens with one attached hydrogen (secondary N) is 1. The molecule has 1 aromatic heterocycles. The predicted molar refractivity (Wildman–Crippen MR) is 85.7 cm³/mol. The zero-order chi connectivity index (χ0) is 14.9. The van der Waals surface area contributed by atoms with Crippen molar-refractivity contribution >= 4 is 62.1 Å². The van der Waals surface area contributed by atoms with Crippen molar-refractivity contribution < 1.29 is 9.53 Å². The van der Waals surface area contributed by atoms with Crippen molar-refractivity contribution in [2.24, 2.45) is 0 Å². The summed E-state index contributed by atoms with van der Waals surface area (Å²) in [5.41, 5.74) is 0. The third-order valence-electron chi connectivity index (χ3n) is 2.65. The fraction of sp³-hybridized carbons (Fsp3) is 0.308. The van der Waals surface area contributed by atoms with Crippen molar-refractivity contribution in [2.45, 2.75) is 13.0 Å². The Hall–Kier alpha value is -0.520. The number of amides is 1. The molecular formula is C13H12Cl3NO2S. The molecule has 0 aliphatic heterocycles. The molecule has 1 unspecified atom stereocenters. The van der Waals surface area contributed by atoms with Crippen molar-refractivity contribution in [1.29, 1.82) is 0 Å². The Balaban J connectivity index is 2.38. The summed E-state index contributed by atoms with van der Waals surface area (Å²) in [6.07, 6.45) is 0. The fourth-order valence-corrected chi connectivity index (χ4v) is 4.12. The van der Waals surface area contributed by atoms with E-state index < -0.39 is 0 Å². The van der Waals surface area contributed by atoms with Crippen molar-refractivity contribution in [3.8, 4) is 0 Å². The van der Waals surface area contributed by atoms with Gasteiger partial charge in [-0.05, 0) is 19.1 Å². The molecule has 0 saturated heterocycles. The van der Waals surface area contributed by atoms with Gasteiger partial charge in [-0.1, -0.05) is 34.8 Å². The Bertz CT molecular complexity index is 657. The number of hydrogen-bond donors (Lipinski definition) is 1. The maximum atomic E-state index is 12.2. The van der Waals surface area contributed by atoms with Gasteiger partial charge in [-0.3, -0.25) is 4.79 Å². The molecule has 1 aromatic carbocycles. The van der Waals surface area contributed by atoms with Crippen LogP contribution in [-0.2, 0) is 4.74 Å². The summed E-state index contributed by atoms with van der Waals surface area (Å²) in [7, 11) is 1.58. The lowest BCUT2D eigenvalue weighted by atomic mass is 10.2. The van der Waals surface area contributed by atoms with E-state index in [0.29, 0.717) is 31.9 Å². The summed E-state index contributed by atoms with van der Waals surface area (Å²) in [5.74, 6) is -0.243. The van der Waals surface area contributed by atoms with E-state index in [-0.39, 0.29) is 11.9 Å². The van der Waals surface area contributed by atoms with Crippen LogP contribution in [0.25, 0.3) is 10.1 Å². The average Bonchev–Trinajstić information content (AvgIpc) is 2.66. The topological polar surface area (TPSA) is 38.3 Å². The Labute approximate surface area is 135 Å². The largest absolute Gasteiger partial charge is 0.383 e. The summed E-state index contributed by atoms with van der Waals surface area (Å²) in [6.45, 7) is 2.29. The van der Waals surface area contributed by atoms with Crippen molar-refractivity contribution in [3.05, 3.63) is 32.1 Å². The second kappa shape index (κ2) is 6.50. The van der Waals surface area contributed by atoms with Crippen molar-refractivity contribution in [3.63, 3.8) is 0 Å². The van der Waals surface area contributed by atoms with Crippen LogP contribution >= 0.6 is 46.1 Å². The molecule has 2 aromatic rings. The van der Waals surface area contributed by atoms with Gasteiger partial charge in [-0.15, -0.1) is 11.3 Å². The van der Waals surface area contributed by atoms with Crippen LogP contribution in [0, 0.1) is 0 Å². The van der Waals surface area contributed by atoms with E-state index in [4.69, 9.17) is 39.5 Å². The molecule has 0 bridgehead atoms. The first-order valence-corrected chi connectivity index (χ1v) is 7.76. The van der Waals surface area contributed by atoms with Gasteiger partial charge in [-0.25, -0.2) is 0 Å². The molecule has 108 valence electrons. The van der Waals surface area contributed by atoms with Crippen molar-refractivity contribution in [1.82, 2.24) is 5.32 Å². The van der Waals surface area contributed by atoms with Gasteiger partial charge in [0.2, 0.25) is 0 Å². The van der Waals surface area contributed by atoms with Gasteiger partial charge in [0.1, 0.15) is 4.88 Å². The summed E-state index contributed by atoms with van der Waals surface area (Å²) >= 11 is 19.6. The lowest BCUT2D eigenvalue weighted by Crippen LogP contribution is -2.35. The van der Waals surface area contributed by atoms with E-state index in [1.807, 2.05) is 6.92 Å². The maximum Gasteiger partial charge on any atom is 0.263 e. The zero-order valence-corrected chi connectivity index (χ0v) is 13.9. The van der Waals surface area contributed by atoms with Gasteiger partial charge >= 0.3 is 0 Å². The van der Waals surface area contributed by atoms with Crippen LogP contribution in [0.1, 0.15) is 16.6 Å². The highest BCUT2D eigenvalue weighted by molar-refractivity contribution is 7.21. The molecule has 20 heavy (non-hydrogen) atoms. The van der Waals surface area contributed by atoms with Gasteiger partial charge in [-0.2, -0.15) is 0 Å². The zero-order valence-electron chi connectivity index (χ0n) is 10.8. The number of rotatable bonds is 4. The van der Waals surface area contributed by atoms with E-state index in [1.54, 1.807) is 19.2 Å². The second-order valence-corrected chi connectivity index (χ2v) is 6.61. The molecule has 0 fully saturated rings. The number of carbonyl (C=O) groups is 1. The SMILES string of the molecule is COCC(C)NC(=O)c1sc2cc(Cl)cc(Cl)c2c1Cl. The molecule has 0 aliphatic carbocycles. The number of hydrogen-bond acceptors (Lipinski definition) is 3. The van der Waals surface area contributed by atoms with Gasteiger partial charge in [0.15, 0.2) is 0 Å². The molecule has 0 radical (unpaired) electrons. The van der Waals surface area contributed by atoms with Gasteiger partial charge in [0.25, 0.3) is 5.91 Å². The average molecular weight is 353 g/mol. The van der Waals surface area contributed by atoms with E-state index in [9.17, 15) is 4.79 Å². The minimum absolute atomic E-state index is 0.104. The minimum atomic E-state index is -0.243. The van der Waals surface area contributed by atoms with E-state index in [1.165, 1.54) is 11.3 Å². The lowest BCUT2D eigenvalue weighted by molar-refractivity contribution is 0.0910. The molecule has 1 amide bonds. The Morgan fingerprint density at radius 2 is 2.10 bits per heavy atom. The number of halogens is 3. The second-order valence-electron chi connectivity index (χ2n) is 4.34. The van der Waals surface area contributed by atoms with Crippen LogP contribution < -0.4 is 5.32 Å². The summed E-state index contributed by atoms with van der Waals surface area (Å²) in [5, 5.41) is 4.79. The van der Waals surface area contributed by atoms with Crippen LogP contribution in [-0.4, -0.2) is 25.7 Å². The molecule has 0 spiro atoms. The first-order chi connectivity index (χ1) is 9.43. The Morgan fingerprint density at radius 3 is 2.75 bits per heavy atom. The highest BCUT2D eigenvalue weighted by Crippen LogP contribution is 2.41. The highest BCUT2D eigenvalue weighted by atomic mass is 35.5. The number of benzene rings is 1. The first kappa shape index (κ1) is 15.9. The van der Waals surface area contributed by atoms with Crippen LogP contribution in [0.15, 0.2) is 12.1 Å². The number of fused-ring (bicyclic) bond motifs is 1. The smallest absolute Gasteiger partial charge is 0.263 e. The van der Waals surface area contributed by atoms with Gasteiger partial charge in [0, 0.05) is 28.3 Å². The summed E-state index contributed by atoms with van der Waals surface area (Å²) in [6, 6.07) is 3.25. The van der Waals surface area contributed by atoms with E-state index in [2.05, 4.69) is 5.32 Å². The third-order valence-corrected chi connectivity index (χ3v) is 4.79. The van der Waals surface area contributed by atoms with Crippen LogP contribution in [0.3, 0.4) is 0 Å². The summed E-state index contributed by atoms with van der Waals surface area (Å²) < 4.78 is 5.77. The van der Waals surface area contributed by atoms with Gasteiger partial charge < -0.3 is 10.1 Å². The van der Waals surface area contributed by atoms with Crippen LogP contribution in [0.4, 0.5) is 0 Å². The number of methoxy groups -OCH3 is 1. The molecule has 7 heteroatoms. The van der Waals surface area contributed by atoms with Gasteiger partial charge in [0.05, 0.1) is 16.7 Å². The van der Waals surface area contributed by atoms with E-state index >= 15 is 0 Å². The maximum absolute atomic E-state index is 12.2. The normalized spacial score (nSPS) is 12.7. The first-order valence-electron chi connectivity index (χ1n) is 5.81. The van der Waals surface area contributed by atoms with Crippen LogP contribution in [0.5, 0.6) is 0 Å². The lowest BCUT2D eigenvalue weighted by Gasteiger charge is -2.11. The number of carbonyl (C=O) groups excluding carboxylic acids is 1. The summed E-state index contributed by atoms with van der Waals surface area (Å²) in [4.78, 5) is 12.6. The molecule has 1 heterocycles. The Kier molecular flexibility index (Phi) is 5.15. The van der Waals surface area contributed by atoms with Crippen molar-refractivity contribution in [2.75, 3.05) is 13.7 Å². The standard InChI is InChI=1S/C13H12Cl3NO2S/c1-6(5-19-2)17-13(18)12-11(16)10-8(15)3-7(14)4-9(10)20-12/h3-4,6H,5H2,1-2H3,(H,17,18). The molecular weight excluding hydrogens is 341 g/mol. The molecule has 1 N–H and O–H groups in total. The molecule has 0 saturated carbocycles. The third kappa shape index (κ3) is 3.21. The number of thiophene rings is 1.